The van der Waals surface area contributed by atoms with Crippen molar-refractivity contribution in [2.45, 2.75) is 43.4 Å². The average molecular weight is 367 g/mol. The minimum Gasteiger partial charge on any atom is -0.491 e. The van der Waals surface area contributed by atoms with Gasteiger partial charge in [-0.25, -0.2) is 0 Å². The molecule has 1 heterocycles. The highest BCUT2D eigenvalue weighted by molar-refractivity contribution is 5.27. The smallest absolute Gasteiger partial charge is 0.119 e. The number of aliphatic hydroxyl groups is 1. The molecular formula is C23H30N2O2. The van der Waals surface area contributed by atoms with Crippen LogP contribution < -0.4 is 10.1 Å². The van der Waals surface area contributed by atoms with Gasteiger partial charge in [-0.15, -0.1) is 0 Å². The van der Waals surface area contributed by atoms with Crippen LogP contribution in [0.3, 0.4) is 0 Å². The van der Waals surface area contributed by atoms with Gasteiger partial charge in [0, 0.05) is 24.5 Å². The summed E-state index contributed by atoms with van der Waals surface area (Å²) in [4.78, 5) is 2.36. The first-order chi connectivity index (χ1) is 13.3. The van der Waals surface area contributed by atoms with Gasteiger partial charge in [0.1, 0.15) is 18.5 Å². The molecule has 1 saturated carbocycles. The van der Waals surface area contributed by atoms with E-state index in [0.717, 1.165) is 31.7 Å². The molecule has 2 N–H and O–H groups in total. The van der Waals surface area contributed by atoms with Gasteiger partial charge in [0.2, 0.25) is 0 Å². The van der Waals surface area contributed by atoms with E-state index in [4.69, 9.17) is 4.74 Å². The van der Waals surface area contributed by atoms with Gasteiger partial charge in [-0.3, -0.25) is 0 Å². The fourth-order valence-corrected chi connectivity index (χ4v) is 4.09. The van der Waals surface area contributed by atoms with Crippen LogP contribution in [-0.2, 0) is 0 Å². The normalized spacial score (nSPS) is 24.5. The molecule has 0 aromatic heterocycles. The van der Waals surface area contributed by atoms with Crippen LogP contribution in [0.5, 0.6) is 5.75 Å². The maximum absolute atomic E-state index is 10.3. The van der Waals surface area contributed by atoms with Gasteiger partial charge in [-0.05, 0) is 50.0 Å². The maximum atomic E-state index is 10.3. The summed E-state index contributed by atoms with van der Waals surface area (Å²) in [6.07, 6.45) is 3.13. The molecule has 0 bridgehead atoms. The van der Waals surface area contributed by atoms with Crippen molar-refractivity contribution in [3.63, 3.8) is 0 Å². The summed E-state index contributed by atoms with van der Waals surface area (Å²) in [5, 5.41) is 14.1. The van der Waals surface area contributed by atoms with E-state index in [1.54, 1.807) is 0 Å². The van der Waals surface area contributed by atoms with Gasteiger partial charge in [0.15, 0.2) is 0 Å². The fraction of sp³-hybridized carbons (Fsp3) is 0.478. The van der Waals surface area contributed by atoms with E-state index in [9.17, 15) is 5.11 Å². The van der Waals surface area contributed by atoms with Crippen LogP contribution >= 0.6 is 0 Å². The molecule has 4 nitrogen and oxygen atoms in total. The molecule has 2 aromatic carbocycles. The Balaban J connectivity index is 1.13. The monoisotopic (exact) mass is 366 g/mol. The quantitative estimate of drug-likeness (QED) is 0.754. The van der Waals surface area contributed by atoms with Gasteiger partial charge in [0.05, 0.1) is 0 Å². The van der Waals surface area contributed by atoms with Crippen molar-refractivity contribution in [2.75, 3.05) is 26.2 Å². The van der Waals surface area contributed by atoms with Crippen molar-refractivity contribution in [3.05, 3.63) is 66.2 Å². The van der Waals surface area contributed by atoms with E-state index in [-0.39, 0.29) is 0 Å². The Kier molecular flexibility index (Phi) is 6.07. The van der Waals surface area contributed by atoms with Gasteiger partial charge in [-0.1, -0.05) is 48.5 Å². The number of rotatable bonds is 8. The number of piperidine rings is 1. The van der Waals surface area contributed by atoms with Crippen LogP contribution in [0.4, 0.5) is 0 Å². The summed E-state index contributed by atoms with van der Waals surface area (Å²) < 4.78 is 5.66. The zero-order valence-electron chi connectivity index (χ0n) is 15.8. The molecule has 0 radical (unpaired) electrons. The lowest BCUT2D eigenvalue weighted by Crippen LogP contribution is -2.46. The molecule has 0 unspecified atom stereocenters. The Morgan fingerprint density at radius 3 is 2.37 bits per heavy atom. The van der Waals surface area contributed by atoms with Crippen LogP contribution in [-0.4, -0.2) is 54.4 Å². The first-order valence-electron chi connectivity index (χ1n) is 10.2. The summed E-state index contributed by atoms with van der Waals surface area (Å²) in [5.74, 6) is 1.51. The summed E-state index contributed by atoms with van der Waals surface area (Å²) in [5.41, 5.74) is 1.47. The third-order valence-electron chi connectivity index (χ3n) is 5.71. The Morgan fingerprint density at radius 1 is 1.00 bits per heavy atom. The highest BCUT2D eigenvalue weighted by atomic mass is 16.5. The molecule has 0 amide bonds. The van der Waals surface area contributed by atoms with Crippen molar-refractivity contribution in [1.29, 1.82) is 0 Å². The third kappa shape index (κ3) is 5.32. The molecule has 1 aliphatic heterocycles. The van der Waals surface area contributed by atoms with Crippen LogP contribution in [0, 0.1) is 0 Å². The molecule has 2 fully saturated rings. The summed E-state index contributed by atoms with van der Waals surface area (Å²) in [6, 6.07) is 21.8. The highest BCUT2D eigenvalue weighted by Gasteiger charge is 2.39. The predicted octanol–water partition coefficient (Wildman–Crippen LogP) is 3.04. The molecule has 0 spiro atoms. The molecule has 2 aliphatic rings. The number of benzene rings is 2. The van der Waals surface area contributed by atoms with Crippen molar-refractivity contribution < 1.29 is 9.84 Å². The topological polar surface area (TPSA) is 44.7 Å². The van der Waals surface area contributed by atoms with Crippen molar-refractivity contribution in [2.24, 2.45) is 0 Å². The number of nitrogens with zero attached hydrogens (tertiary/aromatic N) is 1. The highest BCUT2D eigenvalue weighted by Crippen LogP contribution is 2.41. The lowest BCUT2D eigenvalue weighted by atomic mass is 10.0. The van der Waals surface area contributed by atoms with Gasteiger partial charge >= 0.3 is 0 Å². The fourth-order valence-electron chi connectivity index (χ4n) is 4.09. The molecule has 4 rings (SSSR count). The lowest BCUT2D eigenvalue weighted by Gasteiger charge is -2.33. The number of nitrogens with one attached hydrogen (secondary N) is 1. The predicted molar refractivity (Wildman–Crippen MR) is 108 cm³/mol. The average Bonchev–Trinajstić information content (AvgIpc) is 3.49. The number of hydrogen-bond acceptors (Lipinski definition) is 4. The molecular weight excluding hydrogens is 336 g/mol. The first kappa shape index (κ1) is 18.5. The van der Waals surface area contributed by atoms with Gasteiger partial charge < -0.3 is 20.1 Å². The zero-order chi connectivity index (χ0) is 18.5. The third-order valence-corrected chi connectivity index (χ3v) is 5.71. The Labute approximate surface area is 162 Å². The minimum absolute atomic E-state index is 0.350. The van der Waals surface area contributed by atoms with Crippen LogP contribution in [0.2, 0.25) is 0 Å². The first-order valence-corrected chi connectivity index (χ1v) is 10.2. The van der Waals surface area contributed by atoms with Crippen molar-refractivity contribution >= 4 is 0 Å². The molecule has 3 atom stereocenters. The maximum Gasteiger partial charge on any atom is 0.119 e. The largest absolute Gasteiger partial charge is 0.491 e. The van der Waals surface area contributed by atoms with Crippen LogP contribution in [0.15, 0.2) is 60.7 Å². The molecule has 2 aromatic rings. The van der Waals surface area contributed by atoms with Gasteiger partial charge in [-0.2, -0.15) is 0 Å². The number of β-amino-alcohol motifs (C(OH)–C–C–N with tert-alkyl or cyclic N) is 1. The molecule has 27 heavy (non-hydrogen) atoms. The van der Waals surface area contributed by atoms with E-state index < -0.39 is 6.10 Å². The standard InChI is InChI=1S/C23H30N2O2/c26-20(17-27-21-9-5-2-6-10-21)16-25-13-11-19(12-14-25)24-23-15-22(23)18-7-3-1-4-8-18/h1-10,19-20,22-24,26H,11-17H2/t20-,22+,23-/m0/s1. The number of aliphatic hydroxyl groups excluding tert-OH is 1. The molecule has 144 valence electrons. The Bertz CT molecular complexity index is 686. The second-order valence-corrected chi connectivity index (χ2v) is 7.88. The van der Waals surface area contributed by atoms with E-state index in [0.29, 0.717) is 31.2 Å². The Morgan fingerprint density at radius 2 is 1.67 bits per heavy atom. The number of ether oxygens (including phenoxy) is 1. The van der Waals surface area contributed by atoms with Crippen molar-refractivity contribution in [3.8, 4) is 5.75 Å². The molecule has 4 heteroatoms. The minimum atomic E-state index is -0.444. The summed E-state index contributed by atoms with van der Waals surface area (Å²) in [6.45, 7) is 3.13. The van der Waals surface area contributed by atoms with E-state index in [2.05, 4.69) is 40.5 Å². The SMILES string of the molecule is O[C@H](COc1ccccc1)CN1CCC(N[C@H]2C[C@@H]2c2ccccc2)CC1. The van der Waals surface area contributed by atoms with Gasteiger partial charge in [0.25, 0.3) is 0 Å². The number of likely N-dealkylation sites (tertiary alicyclic amines) is 1. The van der Waals surface area contributed by atoms with E-state index in [1.165, 1.54) is 12.0 Å². The second kappa shape index (κ2) is 8.87. The lowest BCUT2D eigenvalue weighted by molar-refractivity contribution is 0.0578. The van der Waals surface area contributed by atoms with E-state index >= 15 is 0 Å². The summed E-state index contributed by atoms with van der Waals surface area (Å²) >= 11 is 0. The molecule has 1 saturated heterocycles. The van der Waals surface area contributed by atoms with Crippen LogP contribution in [0.25, 0.3) is 0 Å². The van der Waals surface area contributed by atoms with E-state index in [1.807, 2.05) is 30.3 Å². The van der Waals surface area contributed by atoms with Crippen LogP contribution in [0.1, 0.15) is 30.7 Å². The number of hydrogen-bond donors (Lipinski definition) is 2. The molecule has 1 aliphatic carbocycles. The Hall–Kier alpha value is -1.88. The second-order valence-electron chi connectivity index (χ2n) is 7.88. The zero-order valence-corrected chi connectivity index (χ0v) is 15.8. The van der Waals surface area contributed by atoms with Crippen molar-refractivity contribution in [1.82, 2.24) is 10.2 Å². The number of para-hydroxylation sites is 1. The summed E-state index contributed by atoms with van der Waals surface area (Å²) in [7, 11) is 0.